The lowest BCUT2D eigenvalue weighted by atomic mass is 10.0. The molecule has 30 heavy (non-hydrogen) atoms. The number of imidazole rings is 1. The zero-order valence-corrected chi connectivity index (χ0v) is 16.2. The molecule has 1 atom stereocenters. The molecule has 1 saturated heterocycles. The van der Waals surface area contributed by atoms with Crippen molar-refractivity contribution in [3.8, 4) is 11.4 Å². The van der Waals surface area contributed by atoms with Crippen molar-refractivity contribution < 1.29 is 13.2 Å². The summed E-state index contributed by atoms with van der Waals surface area (Å²) in [5.41, 5.74) is 0.386. The minimum atomic E-state index is -4.30. The van der Waals surface area contributed by atoms with Crippen molar-refractivity contribution in [3.05, 3.63) is 42.5 Å². The maximum absolute atomic E-state index is 13.6. The van der Waals surface area contributed by atoms with Crippen LogP contribution in [-0.2, 0) is 5.41 Å². The van der Waals surface area contributed by atoms with Crippen LogP contribution in [0.4, 0.5) is 19.0 Å². The summed E-state index contributed by atoms with van der Waals surface area (Å²) >= 11 is 0. The first-order valence-corrected chi connectivity index (χ1v) is 10.3. The van der Waals surface area contributed by atoms with Gasteiger partial charge in [-0.05, 0) is 37.8 Å². The van der Waals surface area contributed by atoms with E-state index in [-0.39, 0.29) is 18.5 Å². The van der Waals surface area contributed by atoms with E-state index in [0.717, 1.165) is 18.9 Å². The predicted octanol–water partition coefficient (Wildman–Crippen LogP) is 3.55. The third kappa shape index (κ3) is 2.64. The number of anilines is 1. The van der Waals surface area contributed by atoms with Crippen LogP contribution in [0.3, 0.4) is 0 Å². The molecule has 1 spiro atoms. The van der Waals surface area contributed by atoms with Gasteiger partial charge < -0.3 is 10.6 Å². The van der Waals surface area contributed by atoms with Crippen LogP contribution in [0.2, 0.25) is 0 Å². The number of hydrogen-bond acceptors (Lipinski definition) is 5. The molecule has 0 radical (unpaired) electrons. The second-order valence-electron chi connectivity index (χ2n) is 8.82. The fourth-order valence-corrected chi connectivity index (χ4v) is 4.67. The van der Waals surface area contributed by atoms with Gasteiger partial charge in [-0.15, -0.1) is 0 Å². The van der Waals surface area contributed by atoms with Crippen LogP contribution in [0, 0.1) is 5.41 Å². The largest absolute Gasteiger partial charge is 0.399 e. The number of pyridine rings is 1. The van der Waals surface area contributed by atoms with Crippen molar-refractivity contribution in [2.45, 2.75) is 43.3 Å². The highest BCUT2D eigenvalue weighted by molar-refractivity contribution is 5.62. The molecule has 0 amide bonds. The number of nitrogens with one attached hydrogen (secondary N) is 2. The summed E-state index contributed by atoms with van der Waals surface area (Å²) in [5.74, 6) is 0.769. The first-order chi connectivity index (χ1) is 14.4. The average molecular weight is 414 g/mol. The molecule has 2 saturated carbocycles. The summed E-state index contributed by atoms with van der Waals surface area (Å²) in [7, 11) is 0. The van der Waals surface area contributed by atoms with Gasteiger partial charge in [0.05, 0.1) is 29.5 Å². The molecular formula is C21H21F3N6. The van der Waals surface area contributed by atoms with E-state index in [0.29, 0.717) is 28.5 Å². The molecule has 2 aliphatic carbocycles. The maximum atomic E-state index is 13.6. The Kier molecular flexibility index (Phi) is 3.58. The molecular weight excluding hydrogens is 393 g/mol. The summed E-state index contributed by atoms with van der Waals surface area (Å²) in [5, 5.41) is 6.99. The van der Waals surface area contributed by atoms with Gasteiger partial charge in [0, 0.05) is 30.7 Å². The van der Waals surface area contributed by atoms with Crippen LogP contribution in [0.5, 0.6) is 0 Å². The van der Waals surface area contributed by atoms with Gasteiger partial charge in [0.1, 0.15) is 11.2 Å². The number of rotatable bonds is 4. The zero-order valence-electron chi connectivity index (χ0n) is 16.2. The molecule has 3 fully saturated rings. The molecule has 4 heterocycles. The summed E-state index contributed by atoms with van der Waals surface area (Å²) in [6.45, 7) is 1.95. The molecule has 9 heteroatoms. The van der Waals surface area contributed by atoms with Crippen molar-refractivity contribution in [1.29, 1.82) is 0 Å². The maximum Gasteiger partial charge on any atom is 0.399 e. The molecule has 3 aromatic heterocycles. The van der Waals surface area contributed by atoms with Gasteiger partial charge in [0.15, 0.2) is 5.65 Å². The molecule has 3 aliphatic rings. The third-order valence-corrected chi connectivity index (χ3v) is 6.97. The fourth-order valence-electron chi connectivity index (χ4n) is 4.67. The minimum absolute atomic E-state index is 0.0451. The van der Waals surface area contributed by atoms with Crippen molar-refractivity contribution in [2.75, 3.05) is 18.4 Å². The van der Waals surface area contributed by atoms with Crippen molar-refractivity contribution in [3.63, 3.8) is 0 Å². The topological polar surface area (TPSA) is 67.1 Å². The van der Waals surface area contributed by atoms with Crippen LogP contribution in [-0.4, -0.2) is 44.7 Å². The van der Waals surface area contributed by atoms with Crippen LogP contribution in [0.15, 0.2) is 36.8 Å². The standard InChI is InChI=1S/C21H21F3N6/c22-21(23,24)20(6-7-20)16-11-30-14(8-27-18(30)10-26-16)13-2-1-3-17(28-13)29-15-9-25-12-19(15)4-5-19/h1-3,8,10-11,15,25H,4-7,9,12H2,(H,28,29). The number of fused-ring (bicyclic) bond motifs is 1. The Morgan fingerprint density at radius 3 is 2.67 bits per heavy atom. The van der Waals surface area contributed by atoms with E-state index in [9.17, 15) is 13.2 Å². The van der Waals surface area contributed by atoms with E-state index in [1.165, 1.54) is 25.2 Å². The number of nitrogens with zero attached hydrogens (tertiary/aromatic N) is 4. The smallest absolute Gasteiger partial charge is 0.365 e. The van der Waals surface area contributed by atoms with Crippen LogP contribution in [0.25, 0.3) is 17.0 Å². The summed E-state index contributed by atoms with van der Waals surface area (Å²) in [4.78, 5) is 13.1. The van der Waals surface area contributed by atoms with Crippen LogP contribution in [0.1, 0.15) is 31.4 Å². The second kappa shape index (κ2) is 5.94. The fraction of sp³-hybridized carbons (Fsp3) is 0.476. The summed E-state index contributed by atoms with van der Waals surface area (Å²) < 4.78 is 42.3. The molecule has 1 unspecified atom stereocenters. The van der Waals surface area contributed by atoms with Crippen molar-refractivity contribution in [1.82, 2.24) is 24.7 Å². The molecule has 0 bridgehead atoms. The van der Waals surface area contributed by atoms with Gasteiger partial charge in [-0.25, -0.2) is 9.97 Å². The van der Waals surface area contributed by atoms with E-state index >= 15 is 0 Å². The molecule has 0 aromatic carbocycles. The molecule has 3 aromatic rings. The predicted molar refractivity (Wildman–Crippen MR) is 105 cm³/mol. The lowest BCUT2D eigenvalue weighted by Gasteiger charge is -2.20. The molecule has 156 valence electrons. The number of halogens is 3. The Labute approximate surface area is 170 Å². The normalized spacial score (nSPS) is 23.8. The van der Waals surface area contributed by atoms with Crippen LogP contribution >= 0.6 is 0 Å². The number of aromatic nitrogens is 4. The molecule has 1 aliphatic heterocycles. The average Bonchev–Trinajstić information content (AvgIpc) is 3.61. The highest BCUT2D eigenvalue weighted by atomic mass is 19.4. The highest BCUT2D eigenvalue weighted by Crippen LogP contribution is 2.58. The highest BCUT2D eigenvalue weighted by Gasteiger charge is 2.65. The van der Waals surface area contributed by atoms with Crippen LogP contribution < -0.4 is 10.6 Å². The van der Waals surface area contributed by atoms with Gasteiger partial charge in [0.2, 0.25) is 0 Å². The lowest BCUT2D eigenvalue weighted by Crippen LogP contribution is -2.30. The lowest BCUT2D eigenvalue weighted by molar-refractivity contribution is -0.161. The Hall–Kier alpha value is -2.68. The summed E-state index contributed by atoms with van der Waals surface area (Å²) in [6, 6.07) is 6.04. The zero-order chi connectivity index (χ0) is 20.6. The quantitative estimate of drug-likeness (QED) is 0.684. The van der Waals surface area contributed by atoms with E-state index in [1.54, 1.807) is 10.6 Å². The SMILES string of the molecule is FC(F)(F)C1(c2cn3c(-c4cccc(NC5CNCC56CC6)n4)cnc3cn2)CC1. The van der Waals surface area contributed by atoms with Gasteiger partial charge in [0.25, 0.3) is 0 Å². The van der Waals surface area contributed by atoms with Gasteiger partial charge >= 0.3 is 6.18 Å². The van der Waals surface area contributed by atoms with Gasteiger partial charge in [-0.3, -0.25) is 9.38 Å². The number of alkyl halides is 3. The molecule has 2 N–H and O–H groups in total. The van der Waals surface area contributed by atoms with E-state index in [2.05, 4.69) is 20.6 Å². The Morgan fingerprint density at radius 2 is 1.93 bits per heavy atom. The number of hydrogen-bond donors (Lipinski definition) is 2. The van der Waals surface area contributed by atoms with Gasteiger partial charge in [-0.1, -0.05) is 6.07 Å². The molecule has 6 nitrogen and oxygen atoms in total. The Morgan fingerprint density at radius 1 is 1.10 bits per heavy atom. The monoisotopic (exact) mass is 414 g/mol. The first-order valence-electron chi connectivity index (χ1n) is 10.3. The second-order valence-corrected chi connectivity index (χ2v) is 8.82. The summed E-state index contributed by atoms with van der Waals surface area (Å²) in [6.07, 6.45) is 2.82. The third-order valence-electron chi connectivity index (χ3n) is 6.97. The van der Waals surface area contributed by atoms with Crippen molar-refractivity contribution in [2.24, 2.45) is 5.41 Å². The Balaban J connectivity index is 1.35. The first kappa shape index (κ1) is 18.1. The van der Waals surface area contributed by atoms with Gasteiger partial charge in [-0.2, -0.15) is 13.2 Å². The van der Waals surface area contributed by atoms with E-state index < -0.39 is 11.6 Å². The van der Waals surface area contributed by atoms with E-state index in [4.69, 9.17) is 4.98 Å². The van der Waals surface area contributed by atoms with E-state index in [1.807, 2.05) is 18.2 Å². The van der Waals surface area contributed by atoms with Crippen molar-refractivity contribution >= 4 is 11.5 Å². The Bertz CT molecular complexity index is 1130. The molecule has 6 rings (SSSR count). The minimum Gasteiger partial charge on any atom is -0.365 e.